The maximum atomic E-state index is 12.3. The van der Waals surface area contributed by atoms with Gasteiger partial charge in [-0.1, -0.05) is 37.3 Å². The van der Waals surface area contributed by atoms with Gasteiger partial charge in [0.15, 0.2) is 11.2 Å². The van der Waals surface area contributed by atoms with Gasteiger partial charge in [-0.3, -0.25) is 9.59 Å². The minimum atomic E-state index is -0.427. The smallest absolute Gasteiger partial charge is 0.291 e. The van der Waals surface area contributed by atoms with E-state index in [1.165, 1.54) is 6.07 Å². The first-order chi connectivity index (χ1) is 10.7. The van der Waals surface area contributed by atoms with Crippen molar-refractivity contribution in [1.29, 1.82) is 0 Å². The highest BCUT2D eigenvalue weighted by atomic mass is 16.3. The molecule has 0 radical (unpaired) electrons. The van der Waals surface area contributed by atoms with Gasteiger partial charge in [-0.2, -0.15) is 0 Å². The van der Waals surface area contributed by atoms with Gasteiger partial charge in [-0.25, -0.2) is 0 Å². The van der Waals surface area contributed by atoms with Crippen LogP contribution in [0.1, 0.15) is 23.0 Å². The summed E-state index contributed by atoms with van der Waals surface area (Å²) in [6.07, 6.45) is 0.804. The summed E-state index contributed by atoms with van der Waals surface area (Å²) >= 11 is 0. The highest BCUT2D eigenvalue weighted by molar-refractivity contribution is 6.03. The first-order valence-electron chi connectivity index (χ1n) is 7.11. The molecule has 3 rings (SSSR count). The van der Waals surface area contributed by atoms with E-state index in [2.05, 4.69) is 5.32 Å². The van der Waals surface area contributed by atoms with Gasteiger partial charge >= 0.3 is 0 Å². The number of hydrogen-bond donors (Lipinski definition) is 1. The lowest BCUT2D eigenvalue weighted by atomic mass is 10.1. The van der Waals surface area contributed by atoms with Crippen molar-refractivity contribution in [2.24, 2.45) is 0 Å². The van der Waals surface area contributed by atoms with Crippen molar-refractivity contribution in [2.45, 2.75) is 13.3 Å². The van der Waals surface area contributed by atoms with E-state index in [-0.39, 0.29) is 11.2 Å². The molecule has 22 heavy (non-hydrogen) atoms. The van der Waals surface area contributed by atoms with Gasteiger partial charge in [0.05, 0.1) is 5.39 Å². The monoisotopic (exact) mass is 293 g/mol. The topological polar surface area (TPSA) is 59.3 Å². The molecular formula is C18H15NO3. The summed E-state index contributed by atoms with van der Waals surface area (Å²) in [6.45, 7) is 2.02. The molecule has 3 aromatic rings. The van der Waals surface area contributed by atoms with Crippen LogP contribution >= 0.6 is 0 Å². The summed E-state index contributed by atoms with van der Waals surface area (Å²) in [5.74, 6) is -0.418. The summed E-state index contributed by atoms with van der Waals surface area (Å²) in [7, 11) is 0. The molecule has 0 saturated heterocycles. The van der Waals surface area contributed by atoms with E-state index in [0.29, 0.717) is 11.0 Å². The van der Waals surface area contributed by atoms with Crippen LogP contribution in [-0.2, 0) is 6.42 Å². The SMILES string of the molecule is CCc1ccccc1NC(=O)c1cc(=O)c2ccccc2o1. The Balaban J connectivity index is 1.97. The van der Waals surface area contributed by atoms with Crippen LogP contribution < -0.4 is 10.7 Å². The first kappa shape index (κ1) is 14.1. The molecule has 0 aliphatic rings. The van der Waals surface area contributed by atoms with Crippen molar-refractivity contribution in [1.82, 2.24) is 0 Å². The molecule has 110 valence electrons. The van der Waals surface area contributed by atoms with Crippen LogP contribution in [0.3, 0.4) is 0 Å². The summed E-state index contributed by atoms with van der Waals surface area (Å²) < 4.78 is 5.54. The molecular weight excluding hydrogens is 278 g/mol. The Morgan fingerprint density at radius 1 is 1.09 bits per heavy atom. The predicted molar refractivity (Wildman–Crippen MR) is 86.3 cm³/mol. The zero-order chi connectivity index (χ0) is 15.5. The molecule has 4 heteroatoms. The standard InChI is InChI=1S/C18H15NO3/c1-2-12-7-3-5-9-14(12)19-18(21)17-11-15(20)13-8-4-6-10-16(13)22-17/h3-11H,2H2,1H3,(H,19,21). The maximum absolute atomic E-state index is 12.3. The van der Waals surface area contributed by atoms with Crippen LogP contribution in [-0.4, -0.2) is 5.91 Å². The highest BCUT2D eigenvalue weighted by Crippen LogP contribution is 2.17. The van der Waals surface area contributed by atoms with E-state index < -0.39 is 5.91 Å². The number of para-hydroxylation sites is 2. The van der Waals surface area contributed by atoms with Crippen molar-refractivity contribution in [3.05, 3.63) is 76.1 Å². The Kier molecular flexibility index (Phi) is 3.74. The molecule has 0 spiro atoms. The van der Waals surface area contributed by atoms with Crippen LogP contribution in [0.2, 0.25) is 0 Å². The van der Waals surface area contributed by atoms with Gasteiger partial charge in [-0.05, 0) is 30.2 Å². The van der Waals surface area contributed by atoms with Crippen LogP contribution in [0, 0.1) is 0 Å². The molecule has 0 aliphatic carbocycles. The van der Waals surface area contributed by atoms with Gasteiger partial charge in [0, 0.05) is 11.8 Å². The third-order valence-electron chi connectivity index (χ3n) is 3.50. The summed E-state index contributed by atoms with van der Waals surface area (Å²) in [5, 5.41) is 3.26. The fourth-order valence-electron chi connectivity index (χ4n) is 2.35. The molecule has 1 N–H and O–H groups in total. The Labute approximate surface area is 127 Å². The van der Waals surface area contributed by atoms with Crippen LogP contribution in [0.25, 0.3) is 11.0 Å². The Morgan fingerprint density at radius 3 is 2.64 bits per heavy atom. The highest BCUT2D eigenvalue weighted by Gasteiger charge is 2.13. The molecule has 0 saturated carbocycles. The molecule has 1 aromatic heterocycles. The third-order valence-corrected chi connectivity index (χ3v) is 3.50. The molecule has 0 atom stereocenters. The van der Waals surface area contributed by atoms with Crippen LogP contribution in [0.5, 0.6) is 0 Å². The van der Waals surface area contributed by atoms with E-state index >= 15 is 0 Å². The van der Waals surface area contributed by atoms with Crippen molar-refractivity contribution < 1.29 is 9.21 Å². The second-order valence-electron chi connectivity index (χ2n) is 4.94. The van der Waals surface area contributed by atoms with E-state index in [1.807, 2.05) is 31.2 Å². The van der Waals surface area contributed by atoms with Gasteiger partial charge in [-0.15, -0.1) is 0 Å². The largest absolute Gasteiger partial charge is 0.451 e. The van der Waals surface area contributed by atoms with Crippen molar-refractivity contribution in [3.8, 4) is 0 Å². The zero-order valence-corrected chi connectivity index (χ0v) is 12.1. The maximum Gasteiger partial charge on any atom is 0.291 e. The van der Waals surface area contributed by atoms with Gasteiger partial charge < -0.3 is 9.73 Å². The normalized spacial score (nSPS) is 10.6. The molecule has 0 unspecified atom stereocenters. The van der Waals surface area contributed by atoms with E-state index in [9.17, 15) is 9.59 Å². The summed E-state index contributed by atoms with van der Waals surface area (Å²) in [5.41, 5.74) is 1.93. The summed E-state index contributed by atoms with van der Waals surface area (Å²) in [4.78, 5) is 24.4. The number of hydrogen-bond acceptors (Lipinski definition) is 3. The fraction of sp³-hybridized carbons (Fsp3) is 0.111. The molecule has 0 aliphatic heterocycles. The molecule has 1 amide bonds. The second kappa shape index (κ2) is 5.85. The fourth-order valence-corrected chi connectivity index (χ4v) is 2.35. The predicted octanol–water partition coefficient (Wildman–Crippen LogP) is 3.61. The number of nitrogens with one attached hydrogen (secondary N) is 1. The van der Waals surface area contributed by atoms with Crippen molar-refractivity contribution in [3.63, 3.8) is 0 Å². The van der Waals surface area contributed by atoms with E-state index in [4.69, 9.17) is 4.42 Å². The Bertz CT molecular complexity index is 896. The minimum Gasteiger partial charge on any atom is -0.451 e. The Morgan fingerprint density at radius 2 is 1.82 bits per heavy atom. The Hall–Kier alpha value is -2.88. The van der Waals surface area contributed by atoms with Gasteiger partial charge in [0.1, 0.15) is 5.58 Å². The number of amides is 1. The molecule has 2 aromatic carbocycles. The lowest BCUT2D eigenvalue weighted by Crippen LogP contribution is -2.15. The molecule has 4 nitrogen and oxygen atoms in total. The number of carbonyl (C=O) groups excluding carboxylic acids is 1. The van der Waals surface area contributed by atoms with E-state index in [0.717, 1.165) is 17.7 Å². The first-order valence-corrected chi connectivity index (χ1v) is 7.11. The number of rotatable bonds is 3. The average molecular weight is 293 g/mol. The van der Waals surface area contributed by atoms with E-state index in [1.54, 1.807) is 24.3 Å². The number of fused-ring (bicyclic) bond motifs is 1. The van der Waals surface area contributed by atoms with Crippen LogP contribution in [0.15, 0.2) is 63.8 Å². The van der Waals surface area contributed by atoms with Crippen LogP contribution in [0.4, 0.5) is 5.69 Å². The number of carbonyl (C=O) groups is 1. The number of aryl methyl sites for hydroxylation is 1. The van der Waals surface area contributed by atoms with Gasteiger partial charge in [0.25, 0.3) is 5.91 Å². The van der Waals surface area contributed by atoms with Crippen molar-refractivity contribution >= 4 is 22.6 Å². The second-order valence-corrected chi connectivity index (χ2v) is 4.94. The molecule has 1 heterocycles. The van der Waals surface area contributed by atoms with Crippen molar-refractivity contribution in [2.75, 3.05) is 5.32 Å². The average Bonchev–Trinajstić information content (AvgIpc) is 2.55. The third kappa shape index (κ3) is 2.63. The minimum absolute atomic E-state index is 0.00889. The quantitative estimate of drug-likeness (QED) is 0.802. The summed E-state index contributed by atoms with van der Waals surface area (Å²) in [6, 6.07) is 15.7. The lowest BCUT2D eigenvalue weighted by molar-refractivity contribution is 0.0997. The lowest BCUT2D eigenvalue weighted by Gasteiger charge is -2.09. The van der Waals surface area contributed by atoms with Gasteiger partial charge in [0.2, 0.25) is 0 Å². The molecule has 0 fully saturated rings. The zero-order valence-electron chi connectivity index (χ0n) is 12.1. The molecule has 0 bridgehead atoms. The number of benzene rings is 2. The number of anilines is 1.